The number of hydrogen-bond acceptors (Lipinski definition) is 23. The number of benzene rings is 7. The van der Waals surface area contributed by atoms with Gasteiger partial charge in [-0.1, -0.05) is 106 Å². The molecule has 119 heavy (non-hydrogen) atoms. The lowest BCUT2D eigenvalue weighted by atomic mass is 9.87. The van der Waals surface area contributed by atoms with Gasteiger partial charge in [-0.05, 0) is 191 Å². The zero-order valence-electron chi connectivity index (χ0n) is 66.5. The number of phenolic OH excluding ortho intramolecular Hbond substituents is 6. The summed E-state index contributed by atoms with van der Waals surface area (Å²) in [6.07, 6.45) is 6.87. The average Bonchev–Trinajstić information content (AvgIpc) is 0.755. The Hall–Kier alpha value is -11.8. The van der Waals surface area contributed by atoms with E-state index in [0.717, 1.165) is 80.3 Å². The molecular weight excluding hydrogens is 1580 g/mol. The molecule has 6 heterocycles. The summed E-state index contributed by atoms with van der Waals surface area (Å²) in [7, 11) is 3.63. The second kappa shape index (κ2) is 39.2. The maximum Gasteiger partial charge on any atom is 0.408 e. The molecule has 19 N–H and O–H groups in total. The Kier molecular flexibility index (Phi) is 29.0. The SMILES string of the molecule is CCCCCCCCCCNC(=O)C(N)CCCCNCc1c(O)cc2c(c1O)-c1cc(ccc1O)[C@@H]1NC(=O)[C@H]3NC(=O)[C@H]4NC(=O)[C@H](Cc5ccc(c(Cl)c5)Oc5cc3cc(c5O)Oc3ccc(cc3Cl)C(O)[C@H](NC1=O)C(=O)N[C@@H]2C(=O)NCCCN(C)C)NC(=O)[C@H](NC(=O)OC(C)(C)C)c1ccc(O)c(c1)Oc1cc(O)cc4c1. The molecule has 0 fully saturated rings. The van der Waals surface area contributed by atoms with Gasteiger partial charge in [-0.2, -0.15) is 0 Å². The third-order valence-corrected chi connectivity index (χ3v) is 21.1. The van der Waals surface area contributed by atoms with Gasteiger partial charge in [-0.15, -0.1) is 0 Å². The Morgan fingerprint density at radius 1 is 0.563 bits per heavy atom. The van der Waals surface area contributed by atoms with Crippen LogP contribution in [0.25, 0.3) is 11.1 Å². The normalized spacial score (nSPS) is 19.5. The van der Waals surface area contributed by atoms with Crippen LogP contribution in [0.4, 0.5) is 4.79 Å². The molecule has 634 valence electrons. The summed E-state index contributed by atoms with van der Waals surface area (Å²) >= 11 is 14.1. The fourth-order valence-electron chi connectivity index (χ4n) is 14.3. The number of hydrogen-bond donors (Lipinski definition) is 18. The Balaban J connectivity index is 1.03. The number of alkyl carbamates (subject to hydrolysis) is 1. The molecule has 32 nitrogen and oxygen atoms in total. The van der Waals surface area contributed by atoms with Crippen LogP contribution in [0.15, 0.2) is 109 Å². The minimum absolute atomic E-state index is 0.00564. The number of carbonyl (C=O) groups excluding carboxylic acids is 9. The zero-order valence-corrected chi connectivity index (χ0v) is 68.0. The monoisotopic (exact) mass is 1680 g/mol. The first-order chi connectivity index (χ1) is 56.7. The predicted molar refractivity (Wildman–Crippen MR) is 438 cm³/mol. The smallest absolute Gasteiger partial charge is 0.408 e. The van der Waals surface area contributed by atoms with Crippen molar-refractivity contribution in [3.05, 3.63) is 164 Å². The number of nitrogens with one attached hydrogen (secondary N) is 10. The van der Waals surface area contributed by atoms with Crippen LogP contribution in [-0.4, -0.2) is 158 Å². The molecule has 0 aliphatic carbocycles. The van der Waals surface area contributed by atoms with E-state index in [-0.39, 0.29) is 114 Å². The first-order valence-electron chi connectivity index (χ1n) is 39.4. The van der Waals surface area contributed by atoms with Crippen molar-refractivity contribution >= 4 is 76.6 Å². The zero-order chi connectivity index (χ0) is 85.7. The number of nitrogens with zero attached hydrogens (tertiary/aromatic N) is 1. The van der Waals surface area contributed by atoms with Crippen LogP contribution in [0.2, 0.25) is 10.0 Å². The third kappa shape index (κ3) is 22.1. The first-order valence-corrected chi connectivity index (χ1v) is 40.2. The second-order valence-corrected chi connectivity index (χ2v) is 31.9. The van der Waals surface area contributed by atoms with E-state index in [1.165, 1.54) is 80.3 Å². The third-order valence-electron chi connectivity index (χ3n) is 20.5. The molecule has 0 saturated carbocycles. The largest absolute Gasteiger partial charge is 0.508 e. The van der Waals surface area contributed by atoms with Gasteiger partial charge in [0.05, 0.1) is 21.7 Å². The maximum atomic E-state index is 16.3. The molecule has 0 spiro atoms. The van der Waals surface area contributed by atoms with Crippen LogP contribution in [0, 0.1) is 0 Å². The summed E-state index contributed by atoms with van der Waals surface area (Å²) in [4.78, 5) is 138. The fourth-order valence-corrected chi connectivity index (χ4v) is 14.8. The summed E-state index contributed by atoms with van der Waals surface area (Å²) in [6, 6.07) is 6.59. The number of halogens is 2. The topological polar surface area (TPSA) is 482 Å². The van der Waals surface area contributed by atoms with Crippen LogP contribution in [-0.2, 0) is 56.1 Å². The quantitative estimate of drug-likeness (QED) is 0.0265. The van der Waals surface area contributed by atoms with E-state index < -0.39 is 160 Å². The van der Waals surface area contributed by atoms with Crippen LogP contribution in [0.3, 0.4) is 0 Å². The molecule has 34 heteroatoms. The summed E-state index contributed by atoms with van der Waals surface area (Å²) < 4.78 is 24.4. The molecule has 7 aromatic carbocycles. The molecule has 9 atom stereocenters. The number of phenols is 6. The Morgan fingerprint density at radius 2 is 1.16 bits per heavy atom. The van der Waals surface area contributed by atoms with E-state index in [2.05, 4.69) is 60.1 Å². The molecule has 9 amide bonds. The lowest BCUT2D eigenvalue weighted by Crippen LogP contribution is -2.56. The van der Waals surface area contributed by atoms with Gasteiger partial charge in [0.2, 0.25) is 53.0 Å². The van der Waals surface area contributed by atoms with E-state index in [1.54, 1.807) is 20.8 Å². The van der Waals surface area contributed by atoms with Crippen LogP contribution < -0.4 is 73.1 Å². The summed E-state index contributed by atoms with van der Waals surface area (Å²) in [5.41, 5.74) is 3.11. The van der Waals surface area contributed by atoms with E-state index in [1.807, 2.05) is 19.0 Å². The lowest BCUT2D eigenvalue weighted by molar-refractivity contribution is -0.137. The molecule has 0 radical (unpaired) electrons. The van der Waals surface area contributed by atoms with Crippen molar-refractivity contribution in [2.24, 2.45) is 5.73 Å². The van der Waals surface area contributed by atoms with Gasteiger partial charge in [0, 0.05) is 43.2 Å². The molecule has 7 aromatic rings. The van der Waals surface area contributed by atoms with Gasteiger partial charge < -0.3 is 118 Å². The number of fused-ring (bicyclic) bond motifs is 14. The van der Waals surface area contributed by atoms with Crippen molar-refractivity contribution in [1.82, 2.24) is 58.1 Å². The number of nitrogens with two attached hydrogens (primary N) is 1. The Labute approximate surface area is 696 Å². The number of rotatable bonds is 23. The molecular formula is C85H100Cl2N12O20. The standard InChI is InChI=1S/C85H100Cl2N12O20/c1-7-8-9-10-11-12-13-15-28-90-76(107)56(88)18-14-16-27-89-42-53-60(103)41-52-66(74(53)105)51-35-44(20-23-58(51)101)67-80(111)97-72(83(114)96-71(52)78(109)91-29-17-30-99(5)6)73(104)46-22-26-62(55(87)36-46)118-65-39-48-38-64(75(65)106)117-61-25-19-43(31-54(61)86)32-57-77(108)93-69(81(112)95-70(48)82(113)94-67)47-33-49(100)40-50(34-47)116-63-37-45(21-24-59(63)102)68(79(110)92-57)98-84(115)119-85(2,3)4/h19-26,31,33-41,56-57,67-73,89,100-106H,7-18,27-30,32,42,88H2,1-6H3,(H,90,107)(H,91,109)(H,92,110)(H,93,108)(H,94,113)(H,95,112)(H,96,114)(H,97,111)(H,98,115)/t56?,57-,67-,68+,69-,70-,71-,72-,73?/m0/s1. The highest BCUT2D eigenvalue weighted by Crippen LogP contribution is 2.50. The van der Waals surface area contributed by atoms with Gasteiger partial charge in [0.25, 0.3) is 0 Å². The highest BCUT2D eigenvalue weighted by atomic mass is 35.5. The number of carbonyl (C=O) groups is 9. The van der Waals surface area contributed by atoms with Crippen LogP contribution in [0.1, 0.15) is 186 Å². The highest BCUT2D eigenvalue weighted by Gasteiger charge is 2.43. The van der Waals surface area contributed by atoms with Gasteiger partial charge in [-0.25, -0.2) is 4.79 Å². The van der Waals surface area contributed by atoms with Gasteiger partial charge in [0.15, 0.2) is 23.0 Å². The van der Waals surface area contributed by atoms with Gasteiger partial charge >= 0.3 is 6.09 Å². The number of amides is 9. The summed E-state index contributed by atoms with van der Waals surface area (Å²) in [6.45, 7) is 7.89. The maximum absolute atomic E-state index is 16.3. The molecule has 2 unspecified atom stereocenters. The van der Waals surface area contributed by atoms with Gasteiger partial charge in [-0.3, -0.25) is 38.4 Å². The summed E-state index contributed by atoms with van der Waals surface area (Å²) in [5, 5.41) is 112. The van der Waals surface area contributed by atoms with E-state index >= 15 is 28.8 Å². The molecule has 6 aliphatic heterocycles. The molecule has 17 bridgehead atoms. The number of aliphatic hydroxyl groups excluding tert-OH is 1. The number of aromatic hydroxyl groups is 6. The Morgan fingerprint density at radius 3 is 1.83 bits per heavy atom. The molecule has 13 rings (SSSR count). The highest BCUT2D eigenvalue weighted by molar-refractivity contribution is 6.32. The molecule has 0 saturated heterocycles. The predicted octanol–water partition coefficient (Wildman–Crippen LogP) is 9.38. The first kappa shape index (κ1) is 88.0. The average molecular weight is 1680 g/mol. The van der Waals surface area contributed by atoms with E-state index in [9.17, 15) is 50.1 Å². The number of ether oxygens (including phenoxy) is 4. The van der Waals surface area contributed by atoms with Crippen molar-refractivity contribution in [3.63, 3.8) is 0 Å². The molecule has 0 aromatic heterocycles. The second-order valence-electron chi connectivity index (χ2n) is 31.1. The Bertz CT molecular complexity index is 4990. The number of aliphatic hydroxyl groups is 1. The summed E-state index contributed by atoms with van der Waals surface area (Å²) in [5.74, 6) is -14.7. The van der Waals surface area contributed by atoms with Gasteiger partial charge in [0.1, 0.15) is 94.2 Å². The van der Waals surface area contributed by atoms with E-state index in [0.29, 0.717) is 38.8 Å². The molecule has 6 aliphatic rings. The van der Waals surface area contributed by atoms with Crippen LogP contribution >= 0.6 is 23.2 Å². The van der Waals surface area contributed by atoms with Crippen molar-refractivity contribution in [2.45, 2.75) is 178 Å². The van der Waals surface area contributed by atoms with Crippen LogP contribution in [0.5, 0.6) is 69.0 Å². The lowest BCUT2D eigenvalue weighted by Gasteiger charge is -2.32. The minimum atomic E-state index is -2.24. The van der Waals surface area contributed by atoms with Crippen molar-refractivity contribution < 1.29 is 97.8 Å². The van der Waals surface area contributed by atoms with Crippen molar-refractivity contribution in [2.75, 3.05) is 40.3 Å². The fraction of sp³-hybridized carbons (Fsp3) is 0.400. The van der Waals surface area contributed by atoms with Crippen molar-refractivity contribution in [1.29, 1.82) is 0 Å². The number of unbranched alkanes of at least 4 members (excludes halogenated alkanes) is 8. The van der Waals surface area contributed by atoms with Crippen molar-refractivity contribution in [3.8, 4) is 80.1 Å². The minimum Gasteiger partial charge on any atom is -0.508 e. The van der Waals surface area contributed by atoms with E-state index in [4.69, 9.17) is 47.9 Å².